The summed E-state index contributed by atoms with van der Waals surface area (Å²) < 4.78 is 4.68. The molecule has 10 heavy (non-hydrogen) atoms. The molecule has 0 N–H and O–H groups in total. The van der Waals surface area contributed by atoms with Crippen LogP contribution in [0.4, 0.5) is 0 Å². The summed E-state index contributed by atoms with van der Waals surface area (Å²) >= 11 is 0. The van der Waals surface area contributed by atoms with E-state index in [-0.39, 0.29) is 5.97 Å². The molecule has 0 aromatic rings. The number of carbonyl (C=O) groups excluding carboxylic acids is 1. The molecule has 0 aliphatic carbocycles. The summed E-state index contributed by atoms with van der Waals surface area (Å²) in [5, 5.41) is 7.10. The predicted molar refractivity (Wildman–Crippen MR) is 37.2 cm³/mol. The fourth-order valence-electron chi connectivity index (χ4n) is 0.617. The van der Waals surface area contributed by atoms with Gasteiger partial charge in [-0.1, -0.05) is 0 Å². The van der Waals surface area contributed by atoms with Crippen molar-refractivity contribution in [2.75, 3.05) is 6.61 Å². The summed E-state index contributed by atoms with van der Waals surface area (Å²) in [6.07, 6.45) is 2.07. The van der Waals surface area contributed by atoms with E-state index in [2.05, 4.69) is 14.9 Å². The Morgan fingerprint density at radius 2 is 2.70 bits per heavy atom. The summed E-state index contributed by atoms with van der Waals surface area (Å²) in [4.78, 5) is 10.8. The van der Waals surface area contributed by atoms with Crippen LogP contribution in [0.2, 0.25) is 0 Å². The summed E-state index contributed by atoms with van der Waals surface area (Å²) in [5.74, 6) is -0.361. The van der Waals surface area contributed by atoms with E-state index in [4.69, 9.17) is 0 Å². The monoisotopic (exact) mass is 140 g/mol. The quantitative estimate of drug-likeness (QED) is 0.520. The number of ether oxygens (including phenoxy) is 1. The lowest BCUT2D eigenvalue weighted by atomic mass is 10.3. The lowest BCUT2D eigenvalue weighted by molar-refractivity contribution is -0.135. The van der Waals surface area contributed by atoms with Crippen molar-refractivity contribution < 1.29 is 9.53 Å². The Labute approximate surface area is 58.6 Å². The highest BCUT2D eigenvalue weighted by atomic mass is 16.5. The molecule has 1 rings (SSSR count). The Kier molecular flexibility index (Phi) is 2.15. The third-order valence-corrected chi connectivity index (χ3v) is 1.06. The topological polar surface area (TPSA) is 51.0 Å². The molecule has 0 aromatic heterocycles. The molecule has 1 heterocycles. The summed E-state index contributed by atoms with van der Waals surface area (Å²) in [7, 11) is 0. The van der Waals surface area contributed by atoms with E-state index >= 15 is 0 Å². The maximum absolute atomic E-state index is 10.8. The van der Waals surface area contributed by atoms with Gasteiger partial charge in [-0.3, -0.25) is 0 Å². The second-order valence-corrected chi connectivity index (χ2v) is 1.77. The molecular formula is C6H8N2O2. The molecule has 0 bridgehead atoms. The van der Waals surface area contributed by atoms with Gasteiger partial charge < -0.3 is 4.74 Å². The van der Waals surface area contributed by atoms with Crippen LogP contribution in [0.15, 0.2) is 10.2 Å². The highest BCUT2D eigenvalue weighted by Crippen LogP contribution is 1.96. The Bertz CT molecular complexity index is 196. The van der Waals surface area contributed by atoms with Crippen molar-refractivity contribution in [3.63, 3.8) is 0 Å². The van der Waals surface area contributed by atoms with Gasteiger partial charge in [-0.05, 0) is 6.92 Å². The molecule has 4 nitrogen and oxygen atoms in total. The lowest BCUT2D eigenvalue weighted by Crippen LogP contribution is -2.15. The number of nitrogens with zero attached hydrogens (tertiary/aromatic N) is 2. The van der Waals surface area contributed by atoms with Crippen LogP contribution in [0.1, 0.15) is 13.3 Å². The van der Waals surface area contributed by atoms with E-state index in [0.29, 0.717) is 18.7 Å². The predicted octanol–water partition coefficient (Wildman–Crippen LogP) is 0.380. The zero-order valence-corrected chi connectivity index (χ0v) is 5.70. The lowest BCUT2D eigenvalue weighted by Gasteiger charge is -1.97. The second kappa shape index (κ2) is 3.10. The van der Waals surface area contributed by atoms with Crippen LogP contribution in [0.3, 0.4) is 0 Å². The van der Waals surface area contributed by atoms with Crippen LogP contribution in [0.25, 0.3) is 0 Å². The van der Waals surface area contributed by atoms with Gasteiger partial charge in [-0.15, -0.1) is 5.10 Å². The molecule has 0 amide bonds. The third-order valence-electron chi connectivity index (χ3n) is 1.06. The van der Waals surface area contributed by atoms with Gasteiger partial charge >= 0.3 is 5.97 Å². The first-order chi connectivity index (χ1) is 4.84. The molecule has 0 saturated heterocycles. The van der Waals surface area contributed by atoms with Gasteiger partial charge in [0.25, 0.3) is 0 Å². The van der Waals surface area contributed by atoms with Crippen molar-refractivity contribution >= 4 is 17.9 Å². The molecule has 1 aliphatic heterocycles. The number of hydrogen-bond acceptors (Lipinski definition) is 4. The number of carbonyl (C=O) groups is 1. The molecule has 0 saturated carbocycles. The zero-order chi connectivity index (χ0) is 7.40. The molecular weight excluding hydrogens is 132 g/mol. The maximum atomic E-state index is 10.8. The minimum Gasteiger partial charge on any atom is -0.461 e. The smallest absolute Gasteiger partial charge is 0.354 e. The van der Waals surface area contributed by atoms with Crippen LogP contribution in [-0.4, -0.2) is 24.5 Å². The highest BCUT2D eigenvalue weighted by molar-refractivity contribution is 6.39. The van der Waals surface area contributed by atoms with E-state index in [0.717, 1.165) is 0 Å². The van der Waals surface area contributed by atoms with E-state index in [1.807, 2.05) is 0 Å². The molecule has 4 heteroatoms. The van der Waals surface area contributed by atoms with Gasteiger partial charge in [-0.2, -0.15) is 5.10 Å². The first-order valence-corrected chi connectivity index (χ1v) is 3.10. The first-order valence-electron chi connectivity index (χ1n) is 3.10. The Morgan fingerprint density at radius 1 is 1.90 bits per heavy atom. The fraction of sp³-hybridized carbons (Fsp3) is 0.500. The van der Waals surface area contributed by atoms with Crippen molar-refractivity contribution in [2.45, 2.75) is 13.3 Å². The average molecular weight is 140 g/mol. The van der Waals surface area contributed by atoms with E-state index in [1.165, 1.54) is 0 Å². The summed E-state index contributed by atoms with van der Waals surface area (Å²) in [6.45, 7) is 2.14. The maximum Gasteiger partial charge on any atom is 0.354 e. The highest BCUT2D eigenvalue weighted by Gasteiger charge is 2.13. The Morgan fingerprint density at radius 3 is 3.20 bits per heavy atom. The Balaban J connectivity index is 2.43. The number of rotatable bonds is 2. The Hall–Kier alpha value is -1.19. The van der Waals surface area contributed by atoms with Gasteiger partial charge in [0.05, 0.1) is 6.61 Å². The van der Waals surface area contributed by atoms with Crippen LogP contribution in [0, 0.1) is 0 Å². The van der Waals surface area contributed by atoms with Crippen LogP contribution >= 0.6 is 0 Å². The van der Waals surface area contributed by atoms with Gasteiger partial charge in [0.1, 0.15) is 0 Å². The van der Waals surface area contributed by atoms with E-state index in [1.54, 1.807) is 13.1 Å². The minimum absolute atomic E-state index is 0.361. The largest absolute Gasteiger partial charge is 0.461 e. The van der Waals surface area contributed by atoms with Gasteiger partial charge in [-0.25, -0.2) is 4.79 Å². The molecule has 0 atom stereocenters. The third kappa shape index (κ3) is 1.40. The van der Waals surface area contributed by atoms with Gasteiger partial charge in [0.15, 0.2) is 5.71 Å². The summed E-state index contributed by atoms with van der Waals surface area (Å²) in [6, 6.07) is 0. The van der Waals surface area contributed by atoms with Crippen LogP contribution in [0.5, 0.6) is 0 Å². The molecule has 0 spiro atoms. The normalized spacial score (nSPS) is 15.1. The van der Waals surface area contributed by atoms with E-state index < -0.39 is 0 Å². The average Bonchev–Trinajstić information content (AvgIpc) is 2.38. The first kappa shape index (κ1) is 6.92. The second-order valence-electron chi connectivity index (χ2n) is 1.77. The van der Waals surface area contributed by atoms with Crippen molar-refractivity contribution in [1.82, 2.24) is 0 Å². The van der Waals surface area contributed by atoms with Crippen LogP contribution < -0.4 is 0 Å². The van der Waals surface area contributed by atoms with Crippen molar-refractivity contribution in [3.05, 3.63) is 0 Å². The standard InChI is InChI=1S/C6H8N2O2/c1-2-10-6(9)5-3-4-7-8-5/h4H,2-3H2,1H3. The van der Waals surface area contributed by atoms with E-state index in [9.17, 15) is 4.79 Å². The van der Waals surface area contributed by atoms with Crippen LogP contribution in [-0.2, 0) is 9.53 Å². The zero-order valence-electron chi connectivity index (χ0n) is 5.70. The fourth-order valence-corrected chi connectivity index (χ4v) is 0.617. The molecule has 54 valence electrons. The molecule has 0 aromatic carbocycles. The van der Waals surface area contributed by atoms with Gasteiger partial charge in [0.2, 0.25) is 0 Å². The minimum atomic E-state index is -0.361. The summed E-state index contributed by atoms with van der Waals surface area (Å²) in [5.41, 5.74) is 0.391. The number of hydrogen-bond donors (Lipinski definition) is 0. The number of esters is 1. The molecule has 0 radical (unpaired) electrons. The molecule has 1 aliphatic rings. The molecule has 0 unspecified atom stereocenters. The van der Waals surface area contributed by atoms with Crippen molar-refractivity contribution in [3.8, 4) is 0 Å². The van der Waals surface area contributed by atoms with Crippen molar-refractivity contribution in [2.24, 2.45) is 10.2 Å². The van der Waals surface area contributed by atoms with Crippen molar-refractivity contribution in [1.29, 1.82) is 0 Å². The molecule has 0 fully saturated rings. The SMILES string of the molecule is CCOC(=O)C1=NN=CC1. The van der Waals surface area contributed by atoms with Gasteiger partial charge in [0, 0.05) is 12.6 Å².